The number of hydrogen-bond acceptors (Lipinski definition) is 3. The average Bonchev–Trinajstić information content (AvgIpc) is 3.15. The minimum atomic E-state index is -0.173. The molecule has 5 nitrogen and oxygen atoms in total. The third kappa shape index (κ3) is 3.26. The summed E-state index contributed by atoms with van der Waals surface area (Å²) >= 11 is 0. The molecule has 0 fully saturated rings. The molecule has 126 valence electrons. The van der Waals surface area contributed by atoms with Crippen LogP contribution >= 0.6 is 0 Å². The van der Waals surface area contributed by atoms with E-state index >= 15 is 0 Å². The molecule has 0 saturated carbocycles. The van der Waals surface area contributed by atoms with E-state index in [1.807, 2.05) is 54.6 Å². The Morgan fingerprint density at radius 1 is 1.16 bits per heavy atom. The van der Waals surface area contributed by atoms with Crippen molar-refractivity contribution < 1.29 is 9.53 Å². The maximum atomic E-state index is 12.6. The van der Waals surface area contributed by atoms with Crippen molar-refractivity contribution in [2.24, 2.45) is 0 Å². The average molecular weight is 333 g/mol. The number of nitrogens with zero attached hydrogens (tertiary/aromatic N) is 1. The van der Waals surface area contributed by atoms with Crippen molar-refractivity contribution in [3.8, 4) is 17.0 Å². The predicted octanol–water partition coefficient (Wildman–Crippen LogP) is 3.26. The maximum Gasteiger partial charge on any atom is 0.228 e. The molecule has 0 aliphatic carbocycles. The van der Waals surface area contributed by atoms with Gasteiger partial charge in [-0.25, -0.2) is 4.98 Å². The van der Waals surface area contributed by atoms with Gasteiger partial charge in [0.15, 0.2) is 0 Å². The molecule has 2 aromatic carbocycles. The second kappa shape index (κ2) is 6.81. The van der Waals surface area contributed by atoms with Crippen molar-refractivity contribution in [3.05, 3.63) is 72.2 Å². The van der Waals surface area contributed by atoms with Crippen LogP contribution in [-0.4, -0.2) is 22.5 Å². The molecule has 1 aromatic heterocycles. The zero-order valence-electron chi connectivity index (χ0n) is 13.7. The number of H-pyrrole nitrogens is 1. The van der Waals surface area contributed by atoms with E-state index in [0.29, 0.717) is 19.6 Å². The van der Waals surface area contributed by atoms with Crippen molar-refractivity contribution in [3.63, 3.8) is 0 Å². The van der Waals surface area contributed by atoms with Gasteiger partial charge in [0, 0.05) is 5.56 Å². The van der Waals surface area contributed by atoms with E-state index in [2.05, 4.69) is 15.3 Å². The number of aromatic nitrogens is 2. The van der Waals surface area contributed by atoms with E-state index in [1.165, 1.54) is 0 Å². The van der Waals surface area contributed by atoms with Gasteiger partial charge in [-0.1, -0.05) is 48.5 Å². The minimum absolute atomic E-state index is 0.00779. The molecule has 1 unspecified atom stereocenters. The second-order valence-electron chi connectivity index (χ2n) is 6.05. The quantitative estimate of drug-likeness (QED) is 0.770. The largest absolute Gasteiger partial charge is 0.493 e. The SMILES string of the molecule is O=C(NCc1ncc(-c2ccccc2)[nH]1)C1CCOc2ccccc21. The van der Waals surface area contributed by atoms with E-state index in [4.69, 9.17) is 4.74 Å². The van der Waals surface area contributed by atoms with Gasteiger partial charge in [-0.3, -0.25) is 4.79 Å². The molecule has 2 heterocycles. The molecule has 0 saturated heterocycles. The highest BCUT2D eigenvalue weighted by molar-refractivity contribution is 5.84. The van der Waals surface area contributed by atoms with E-state index in [-0.39, 0.29) is 11.8 Å². The zero-order chi connectivity index (χ0) is 17.1. The summed E-state index contributed by atoms with van der Waals surface area (Å²) < 4.78 is 5.62. The molecular formula is C20H19N3O2. The number of nitrogens with one attached hydrogen (secondary N) is 2. The van der Waals surface area contributed by atoms with Crippen LogP contribution in [0, 0.1) is 0 Å². The van der Waals surface area contributed by atoms with Gasteiger partial charge in [-0.2, -0.15) is 0 Å². The Morgan fingerprint density at radius 2 is 1.96 bits per heavy atom. The lowest BCUT2D eigenvalue weighted by Crippen LogP contribution is -2.32. The number of imidazole rings is 1. The summed E-state index contributed by atoms with van der Waals surface area (Å²) in [7, 11) is 0. The lowest BCUT2D eigenvalue weighted by molar-refractivity contribution is -0.123. The van der Waals surface area contributed by atoms with Crippen molar-refractivity contribution in [2.45, 2.75) is 18.9 Å². The molecule has 25 heavy (non-hydrogen) atoms. The lowest BCUT2D eigenvalue weighted by Gasteiger charge is -2.24. The van der Waals surface area contributed by atoms with E-state index < -0.39 is 0 Å². The van der Waals surface area contributed by atoms with Gasteiger partial charge in [-0.05, 0) is 18.1 Å². The van der Waals surface area contributed by atoms with Crippen LogP contribution in [0.2, 0.25) is 0 Å². The van der Waals surface area contributed by atoms with Crippen LogP contribution in [0.1, 0.15) is 23.7 Å². The summed E-state index contributed by atoms with van der Waals surface area (Å²) in [6, 6.07) is 17.7. The van der Waals surface area contributed by atoms with E-state index in [9.17, 15) is 4.79 Å². The standard InChI is InChI=1S/C20H19N3O2/c24-20(16-10-11-25-18-9-5-4-8-15(16)18)22-13-19-21-12-17(23-19)14-6-2-1-3-7-14/h1-9,12,16H,10-11,13H2,(H,21,23)(H,22,24). The summed E-state index contributed by atoms with van der Waals surface area (Å²) in [4.78, 5) is 20.2. The third-order valence-corrected chi connectivity index (χ3v) is 4.42. The molecule has 1 aliphatic heterocycles. The van der Waals surface area contributed by atoms with Gasteiger partial charge >= 0.3 is 0 Å². The Labute approximate surface area is 146 Å². The molecule has 0 bridgehead atoms. The minimum Gasteiger partial charge on any atom is -0.493 e. The lowest BCUT2D eigenvalue weighted by atomic mass is 9.92. The topological polar surface area (TPSA) is 67.0 Å². The van der Waals surface area contributed by atoms with Crippen LogP contribution < -0.4 is 10.1 Å². The van der Waals surface area contributed by atoms with Crippen LogP contribution in [0.5, 0.6) is 5.75 Å². The highest BCUT2D eigenvalue weighted by Crippen LogP contribution is 2.33. The summed E-state index contributed by atoms with van der Waals surface area (Å²) in [5.41, 5.74) is 2.97. The van der Waals surface area contributed by atoms with Gasteiger partial charge < -0.3 is 15.0 Å². The Balaban J connectivity index is 1.42. The van der Waals surface area contributed by atoms with Gasteiger partial charge in [-0.15, -0.1) is 0 Å². The molecular weight excluding hydrogens is 314 g/mol. The Kier molecular flexibility index (Phi) is 4.21. The molecule has 3 aromatic rings. The number of aromatic amines is 1. The monoisotopic (exact) mass is 333 g/mol. The summed E-state index contributed by atoms with van der Waals surface area (Å²) in [6.07, 6.45) is 2.48. The van der Waals surface area contributed by atoms with E-state index in [0.717, 1.165) is 28.4 Å². The normalized spacial score (nSPS) is 15.9. The molecule has 0 spiro atoms. The van der Waals surface area contributed by atoms with Crippen molar-refractivity contribution >= 4 is 5.91 Å². The molecule has 1 amide bonds. The first-order valence-corrected chi connectivity index (χ1v) is 8.40. The molecule has 0 radical (unpaired) electrons. The number of ether oxygens (including phenoxy) is 1. The highest BCUT2D eigenvalue weighted by atomic mass is 16.5. The van der Waals surface area contributed by atoms with Crippen molar-refractivity contribution in [1.29, 1.82) is 0 Å². The van der Waals surface area contributed by atoms with Gasteiger partial charge in [0.2, 0.25) is 5.91 Å². The first kappa shape index (κ1) is 15.4. The predicted molar refractivity (Wildman–Crippen MR) is 95.2 cm³/mol. The summed E-state index contributed by atoms with van der Waals surface area (Å²) in [5, 5.41) is 2.99. The fraction of sp³-hybridized carbons (Fsp3) is 0.200. The van der Waals surface area contributed by atoms with Crippen LogP contribution in [0.15, 0.2) is 60.8 Å². The second-order valence-corrected chi connectivity index (χ2v) is 6.05. The van der Waals surface area contributed by atoms with Crippen LogP contribution in [-0.2, 0) is 11.3 Å². The molecule has 5 heteroatoms. The number of carbonyl (C=O) groups is 1. The van der Waals surface area contributed by atoms with E-state index in [1.54, 1.807) is 6.20 Å². The first-order chi connectivity index (χ1) is 12.3. The molecule has 4 rings (SSSR count). The van der Waals surface area contributed by atoms with Crippen LogP contribution in [0.4, 0.5) is 0 Å². The van der Waals surface area contributed by atoms with Crippen LogP contribution in [0.25, 0.3) is 11.3 Å². The molecule has 1 aliphatic rings. The number of para-hydroxylation sites is 1. The fourth-order valence-electron chi connectivity index (χ4n) is 3.13. The fourth-order valence-corrected chi connectivity index (χ4v) is 3.13. The highest BCUT2D eigenvalue weighted by Gasteiger charge is 2.27. The van der Waals surface area contributed by atoms with Gasteiger partial charge in [0.05, 0.1) is 31.0 Å². The van der Waals surface area contributed by atoms with Crippen LogP contribution in [0.3, 0.4) is 0 Å². The number of fused-ring (bicyclic) bond motifs is 1. The third-order valence-electron chi connectivity index (χ3n) is 4.42. The smallest absolute Gasteiger partial charge is 0.228 e. The number of hydrogen-bond donors (Lipinski definition) is 2. The van der Waals surface area contributed by atoms with Crippen molar-refractivity contribution in [2.75, 3.05) is 6.61 Å². The van der Waals surface area contributed by atoms with Gasteiger partial charge in [0.1, 0.15) is 11.6 Å². The summed E-state index contributed by atoms with van der Waals surface area (Å²) in [6.45, 7) is 0.944. The Bertz CT molecular complexity index is 873. The Morgan fingerprint density at radius 3 is 2.84 bits per heavy atom. The number of rotatable bonds is 4. The Hall–Kier alpha value is -3.08. The maximum absolute atomic E-state index is 12.6. The number of carbonyl (C=O) groups excluding carboxylic acids is 1. The molecule has 1 atom stereocenters. The number of benzene rings is 2. The number of amides is 1. The van der Waals surface area contributed by atoms with Crippen molar-refractivity contribution in [1.82, 2.24) is 15.3 Å². The summed E-state index contributed by atoms with van der Waals surface area (Å²) in [5.74, 6) is 1.38. The van der Waals surface area contributed by atoms with Gasteiger partial charge in [0.25, 0.3) is 0 Å². The zero-order valence-corrected chi connectivity index (χ0v) is 13.7. The molecule has 2 N–H and O–H groups in total. The first-order valence-electron chi connectivity index (χ1n) is 8.40.